The lowest BCUT2D eigenvalue weighted by Gasteiger charge is -2.19. The number of carbonyl (C=O) groups excluding carboxylic acids is 2. The SMILES string of the molecule is CC(C)(C)OC(=O)NCCCC(=O)NCc1ccccn1. The van der Waals surface area contributed by atoms with Gasteiger partial charge in [-0.1, -0.05) is 6.07 Å². The van der Waals surface area contributed by atoms with Gasteiger partial charge in [0.05, 0.1) is 12.2 Å². The Morgan fingerprint density at radius 3 is 2.62 bits per heavy atom. The standard InChI is InChI=1S/C15H23N3O3/c1-15(2,3)21-14(20)17-10-6-8-13(19)18-11-12-7-4-5-9-16-12/h4-5,7,9H,6,8,10-11H2,1-3H3,(H,17,20)(H,18,19). The molecule has 21 heavy (non-hydrogen) atoms. The van der Waals surface area contributed by atoms with Gasteiger partial charge in [0, 0.05) is 19.2 Å². The number of alkyl carbamates (subject to hydrolysis) is 1. The van der Waals surface area contributed by atoms with E-state index in [1.54, 1.807) is 27.0 Å². The summed E-state index contributed by atoms with van der Waals surface area (Å²) < 4.78 is 5.09. The van der Waals surface area contributed by atoms with Crippen LogP contribution in [-0.2, 0) is 16.1 Å². The minimum Gasteiger partial charge on any atom is -0.444 e. The Kier molecular flexibility index (Phi) is 6.65. The first-order chi connectivity index (χ1) is 9.87. The highest BCUT2D eigenvalue weighted by molar-refractivity contribution is 5.75. The smallest absolute Gasteiger partial charge is 0.407 e. The van der Waals surface area contributed by atoms with E-state index in [4.69, 9.17) is 4.74 Å². The number of amides is 2. The summed E-state index contributed by atoms with van der Waals surface area (Å²) >= 11 is 0. The number of hydrogen-bond donors (Lipinski definition) is 2. The normalized spacial score (nSPS) is 10.8. The summed E-state index contributed by atoms with van der Waals surface area (Å²) in [5, 5.41) is 5.39. The van der Waals surface area contributed by atoms with Crippen LogP contribution in [0.2, 0.25) is 0 Å². The molecule has 0 fully saturated rings. The molecule has 1 aromatic heterocycles. The molecule has 2 amide bonds. The van der Waals surface area contributed by atoms with Crippen LogP contribution < -0.4 is 10.6 Å². The first-order valence-corrected chi connectivity index (χ1v) is 7.00. The number of ether oxygens (including phenoxy) is 1. The molecule has 0 atom stereocenters. The van der Waals surface area contributed by atoms with E-state index in [9.17, 15) is 9.59 Å². The van der Waals surface area contributed by atoms with Gasteiger partial charge in [-0.05, 0) is 39.3 Å². The molecule has 1 aromatic rings. The van der Waals surface area contributed by atoms with Gasteiger partial charge in [-0.15, -0.1) is 0 Å². The fourth-order valence-corrected chi connectivity index (χ4v) is 1.53. The van der Waals surface area contributed by atoms with E-state index in [0.29, 0.717) is 25.9 Å². The van der Waals surface area contributed by atoms with Crippen LogP contribution in [0, 0.1) is 0 Å². The lowest BCUT2D eigenvalue weighted by atomic mass is 10.2. The van der Waals surface area contributed by atoms with Gasteiger partial charge in [-0.25, -0.2) is 4.79 Å². The van der Waals surface area contributed by atoms with Gasteiger partial charge in [-0.2, -0.15) is 0 Å². The molecule has 0 bridgehead atoms. The predicted octanol–water partition coefficient (Wildman–Crippen LogP) is 2.00. The highest BCUT2D eigenvalue weighted by Crippen LogP contribution is 2.06. The molecule has 6 nitrogen and oxygen atoms in total. The van der Waals surface area contributed by atoms with Crippen LogP contribution in [0.1, 0.15) is 39.3 Å². The second kappa shape index (κ2) is 8.24. The Balaban J connectivity index is 2.10. The molecule has 1 rings (SSSR count). The predicted molar refractivity (Wildman–Crippen MR) is 79.6 cm³/mol. The van der Waals surface area contributed by atoms with Crippen molar-refractivity contribution in [3.63, 3.8) is 0 Å². The van der Waals surface area contributed by atoms with Crippen LogP contribution in [-0.4, -0.2) is 29.1 Å². The molecule has 116 valence electrons. The van der Waals surface area contributed by atoms with Gasteiger partial charge in [0.2, 0.25) is 5.91 Å². The molecule has 0 unspecified atom stereocenters. The van der Waals surface area contributed by atoms with Crippen LogP contribution in [0.4, 0.5) is 4.79 Å². The Morgan fingerprint density at radius 2 is 2.00 bits per heavy atom. The van der Waals surface area contributed by atoms with Crippen molar-refractivity contribution in [3.8, 4) is 0 Å². The third-order valence-electron chi connectivity index (χ3n) is 2.44. The highest BCUT2D eigenvalue weighted by atomic mass is 16.6. The number of hydrogen-bond acceptors (Lipinski definition) is 4. The van der Waals surface area contributed by atoms with Crippen molar-refractivity contribution in [1.82, 2.24) is 15.6 Å². The third-order valence-corrected chi connectivity index (χ3v) is 2.44. The van der Waals surface area contributed by atoms with Crippen molar-refractivity contribution in [1.29, 1.82) is 0 Å². The van der Waals surface area contributed by atoms with Crippen molar-refractivity contribution in [2.24, 2.45) is 0 Å². The van der Waals surface area contributed by atoms with E-state index in [-0.39, 0.29) is 5.91 Å². The van der Waals surface area contributed by atoms with Crippen molar-refractivity contribution in [2.45, 2.75) is 45.8 Å². The summed E-state index contributed by atoms with van der Waals surface area (Å²) in [5.41, 5.74) is 0.308. The zero-order valence-electron chi connectivity index (χ0n) is 12.8. The molecule has 0 spiro atoms. The maximum atomic E-state index is 11.6. The number of nitrogens with one attached hydrogen (secondary N) is 2. The zero-order valence-corrected chi connectivity index (χ0v) is 12.8. The van der Waals surface area contributed by atoms with Crippen LogP contribution >= 0.6 is 0 Å². The largest absolute Gasteiger partial charge is 0.444 e. The minimum absolute atomic E-state index is 0.0633. The number of nitrogens with zero attached hydrogens (tertiary/aromatic N) is 1. The molecule has 0 saturated heterocycles. The quantitative estimate of drug-likeness (QED) is 0.786. The number of carbonyl (C=O) groups is 2. The van der Waals surface area contributed by atoms with E-state index in [2.05, 4.69) is 15.6 Å². The molecule has 0 aromatic carbocycles. The Hall–Kier alpha value is -2.11. The molecule has 1 heterocycles. The Bertz CT molecular complexity index is 455. The van der Waals surface area contributed by atoms with Crippen LogP contribution in [0.15, 0.2) is 24.4 Å². The van der Waals surface area contributed by atoms with Crippen LogP contribution in [0.3, 0.4) is 0 Å². The lowest BCUT2D eigenvalue weighted by molar-refractivity contribution is -0.121. The average Bonchev–Trinajstić information content (AvgIpc) is 2.40. The fraction of sp³-hybridized carbons (Fsp3) is 0.533. The molecule has 0 aliphatic heterocycles. The van der Waals surface area contributed by atoms with Crippen LogP contribution in [0.5, 0.6) is 0 Å². The molecule has 2 N–H and O–H groups in total. The molecule has 0 aliphatic carbocycles. The van der Waals surface area contributed by atoms with E-state index < -0.39 is 11.7 Å². The summed E-state index contributed by atoms with van der Waals surface area (Å²) in [6.07, 6.45) is 2.14. The Labute approximate surface area is 125 Å². The molecule has 0 radical (unpaired) electrons. The summed E-state index contributed by atoms with van der Waals surface area (Å²) in [7, 11) is 0. The van der Waals surface area contributed by atoms with Crippen LogP contribution in [0.25, 0.3) is 0 Å². The van der Waals surface area contributed by atoms with Gasteiger partial charge in [0.1, 0.15) is 5.60 Å². The maximum Gasteiger partial charge on any atom is 0.407 e. The maximum absolute atomic E-state index is 11.6. The number of rotatable bonds is 6. The summed E-state index contributed by atoms with van der Waals surface area (Å²) in [4.78, 5) is 27.1. The topological polar surface area (TPSA) is 80.3 Å². The zero-order chi connectivity index (χ0) is 15.7. The third kappa shape index (κ3) is 8.62. The van der Waals surface area contributed by atoms with E-state index in [0.717, 1.165) is 5.69 Å². The van der Waals surface area contributed by atoms with Crippen molar-refractivity contribution >= 4 is 12.0 Å². The molecular formula is C15H23N3O3. The van der Waals surface area contributed by atoms with Gasteiger partial charge in [-0.3, -0.25) is 9.78 Å². The minimum atomic E-state index is -0.510. The van der Waals surface area contributed by atoms with Gasteiger partial charge >= 0.3 is 6.09 Å². The monoisotopic (exact) mass is 293 g/mol. The first kappa shape index (κ1) is 16.9. The second-order valence-corrected chi connectivity index (χ2v) is 5.63. The lowest BCUT2D eigenvalue weighted by Crippen LogP contribution is -2.33. The second-order valence-electron chi connectivity index (χ2n) is 5.63. The first-order valence-electron chi connectivity index (χ1n) is 7.00. The molecular weight excluding hydrogens is 270 g/mol. The van der Waals surface area contributed by atoms with Crippen molar-refractivity contribution in [3.05, 3.63) is 30.1 Å². The highest BCUT2D eigenvalue weighted by Gasteiger charge is 2.15. The number of aromatic nitrogens is 1. The molecule has 0 saturated carbocycles. The summed E-state index contributed by atoms with van der Waals surface area (Å²) in [6.45, 7) is 6.23. The van der Waals surface area contributed by atoms with Gasteiger partial charge in [0.25, 0.3) is 0 Å². The Morgan fingerprint density at radius 1 is 1.24 bits per heavy atom. The average molecular weight is 293 g/mol. The van der Waals surface area contributed by atoms with E-state index in [1.165, 1.54) is 0 Å². The summed E-state index contributed by atoms with van der Waals surface area (Å²) in [6, 6.07) is 5.55. The van der Waals surface area contributed by atoms with Crippen molar-refractivity contribution < 1.29 is 14.3 Å². The van der Waals surface area contributed by atoms with E-state index in [1.807, 2.05) is 18.2 Å². The van der Waals surface area contributed by atoms with Crippen molar-refractivity contribution in [2.75, 3.05) is 6.54 Å². The molecule has 0 aliphatic rings. The number of pyridine rings is 1. The van der Waals surface area contributed by atoms with E-state index >= 15 is 0 Å². The van der Waals surface area contributed by atoms with Gasteiger partial charge in [0.15, 0.2) is 0 Å². The summed E-state index contributed by atoms with van der Waals surface area (Å²) in [5.74, 6) is -0.0633. The fourth-order valence-electron chi connectivity index (χ4n) is 1.53. The van der Waals surface area contributed by atoms with Gasteiger partial charge < -0.3 is 15.4 Å². The molecule has 6 heteroatoms.